The number of aliphatic carboxylic acids is 1. The number of hydrogen-bond donors (Lipinski definition) is 2. The number of Topliss-reactive ketones (excluding diaryl/α,β-unsaturated/α-hetero) is 1. The van der Waals surface area contributed by atoms with Gasteiger partial charge >= 0.3 is 5.97 Å². The minimum absolute atomic E-state index is 0.0103. The molecule has 0 saturated heterocycles. The number of fused-ring (bicyclic) bond motifs is 1. The number of hydrogen-bond acceptors (Lipinski definition) is 10. The van der Waals surface area contributed by atoms with Gasteiger partial charge in [-0.2, -0.15) is 5.10 Å². The quantitative estimate of drug-likeness (QED) is 0.127. The molecule has 2 aromatic carbocycles. The molecule has 0 aliphatic heterocycles. The second-order valence-corrected chi connectivity index (χ2v) is 12.8. The van der Waals surface area contributed by atoms with E-state index in [1.807, 2.05) is 12.1 Å². The molecule has 0 unspecified atom stereocenters. The number of nitrogens with one attached hydrogen (secondary N) is 1. The zero-order valence-electron chi connectivity index (χ0n) is 21.6. The summed E-state index contributed by atoms with van der Waals surface area (Å²) in [5.74, 6) is -0.0895. The highest BCUT2D eigenvalue weighted by Crippen LogP contribution is 2.34. The Hall–Kier alpha value is -3.13. The predicted molar refractivity (Wildman–Crippen MR) is 160 cm³/mol. The fraction of sp³-hybridized carbons (Fsp3) is 0.333. The van der Waals surface area contributed by atoms with Crippen molar-refractivity contribution in [2.75, 3.05) is 11.1 Å². The summed E-state index contributed by atoms with van der Waals surface area (Å²) in [6.07, 6.45) is 5.66. The Morgan fingerprint density at radius 1 is 1.24 bits per heavy atom. The lowest BCUT2D eigenvalue weighted by molar-refractivity contribution is -0.136. The van der Waals surface area contributed by atoms with Crippen molar-refractivity contribution >= 4 is 81.1 Å². The smallest absolute Gasteiger partial charge is 0.304 e. The Bertz CT molecular complexity index is 1660. The first-order valence-corrected chi connectivity index (χ1v) is 15.4. The lowest BCUT2D eigenvalue weighted by Crippen LogP contribution is -2.16. The summed E-state index contributed by atoms with van der Waals surface area (Å²) in [5, 5.41) is 17.1. The van der Waals surface area contributed by atoms with Gasteiger partial charge in [-0.3, -0.25) is 9.59 Å². The molecule has 5 rings (SSSR count). The number of carboxylic acids is 1. The minimum atomic E-state index is -0.882. The van der Waals surface area contributed by atoms with Crippen LogP contribution in [0.2, 0.25) is 5.02 Å². The first kappa shape index (κ1) is 29.4. The van der Waals surface area contributed by atoms with E-state index in [1.54, 1.807) is 6.07 Å². The van der Waals surface area contributed by atoms with E-state index in [0.717, 1.165) is 25.7 Å². The SMILES string of the molecule is O=C(O)CCSc1nn(CC(=O)Cc2cc3c(Nc4ccc(F)c(Cl)c4)ncnc3cc2OC2CCCC2)c(=S)s1. The van der Waals surface area contributed by atoms with Gasteiger partial charge in [0.1, 0.15) is 30.3 Å². The fourth-order valence-corrected chi connectivity index (χ4v) is 6.99. The molecule has 41 heavy (non-hydrogen) atoms. The highest BCUT2D eigenvalue weighted by atomic mass is 35.5. The first-order valence-electron chi connectivity index (χ1n) is 12.9. The lowest BCUT2D eigenvalue weighted by Gasteiger charge is -2.18. The van der Waals surface area contributed by atoms with Gasteiger partial charge in [0.25, 0.3) is 0 Å². The molecule has 14 heteroatoms. The Kier molecular flexibility index (Phi) is 9.48. The van der Waals surface area contributed by atoms with Crippen molar-refractivity contribution in [3.63, 3.8) is 0 Å². The second-order valence-electron chi connectivity index (χ2n) is 9.48. The van der Waals surface area contributed by atoms with Crippen LogP contribution >= 0.6 is 46.9 Å². The van der Waals surface area contributed by atoms with E-state index in [9.17, 15) is 14.0 Å². The number of ether oxygens (including phenoxy) is 1. The molecule has 2 N–H and O–H groups in total. The van der Waals surface area contributed by atoms with Gasteiger partial charge in [0.15, 0.2) is 14.1 Å². The van der Waals surface area contributed by atoms with Crippen molar-refractivity contribution < 1.29 is 23.8 Å². The van der Waals surface area contributed by atoms with Crippen molar-refractivity contribution in [2.45, 2.75) is 55.5 Å². The molecule has 2 heterocycles. The molecule has 2 aromatic heterocycles. The van der Waals surface area contributed by atoms with Gasteiger partial charge in [-0.25, -0.2) is 19.0 Å². The van der Waals surface area contributed by atoms with E-state index in [-0.39, 0.29) is 36.3 Å². The van der Waals surface area contributed by atoms with E-state index in [0.29, 0.717) is 47.8 Å². The van der Waals surface area contributed by atoms with Crippen molar-refractivity contribution in [3.05, 3.63) is 57.0 Å². The van der Waals surface area contributed by atoms with E-state index in [1.165, 1.54) is 46.2 Å². The van der Waals surface area contributed by atoms with Gasteiger partial charge in [-0.05, 0) is 62.2 Å². The Morgan fingerprint density at radius 3 is 2.80 bits per heavy atom. The second kappa shape index (κ2) is 13.2. The molecule has 1 fully saturated rings. The number of halogens is 2. The van der Waals surface area contributed by atoms with Crippen LogP contribution < -0.4 is 10.1 Å². The third-order valence-corrected chi connectivity index (χ3v) is 9.17. The summed E-state index contributed by atoms with van der Waals surface area (Å²) in [4.78, 5) is 32.9. The molecular formula is C27H25ClFN5O4S3. The molecule has 0 amide bonds. The Morgan fingerprint density at radius 2 is 2.05 bits per heavy atom. The van der Waals surface area contributed by atoms with Gasteiger partial charge in [-0.1, -0.05) is 34.7 Å². The molecule has 0 bridgehead atoms. The van der Waals surface area contributed by atoms with Crippen molar-refractivity contribution in [2.24, 2.45) is 0 Å². The maximum atomic E-state index is 13.7. The Labute approximate surface area is 253 Å². The van der Waals surface area contributed by atoms with Crippen LogP contribution in [0.5, 0.6) is 5.75 Å². The summed E-state index contributed by atoms with van der Waals surface area (Å²) in [6.45, 7) is -0.0276. The number of nitrogens with zero attached hydrogens (tertiary/aromatic N) is 4. The zero-order valence-corrected chi connectivity index (χ0v) is 24.8. The molecule has 214 valence electrons. The van der Waals surface area contributed by atoms with E-state index >= 15 is 0 Å². The van der Waals surface area contributed by atoms with Gasteiger partial charge in [0.05, 0.1) is 23.1 Å². The van der Waals surface area contributed by atoms with Crippen LogP contribution in [0.3, 0.4) is 0 Å². The number of aromatic nitrogens is 4. The molecule has 1 saturated carbocycles. The zero-order chi connectivity index (χ0) is 28.9. The molecule has 0 spiro atoms. The number of carboxylic acid groups (broad SMARTS) is 1. The monoisotopic (exact) mass is 633 g/mol. The van der Waals surface area contributed by atoms with Crippen LogP contribution in [0.1, 0.15) is 37.7 Å². The number of ketones is 1. The van der Waals surface area contributed by atoms with E-state index in [4.69, 9.17) is 33.7 Å². The average molecular weight is 634 g/mol. The van der Waals surface area contributed by atoms with Crippen LogP contribution in [0.4, 0.5) is 15.9 Å². The van der Waals surface area contributed by atoms with Gasteiger partial charge < -0.3 is 15.2 Å². The standard InChI is InChI=1S/C27H25ClFN5O4S3/c28-20-11-16(5-6-21(20)29)32-25-19-10-15(23(12-22(19)30-14-31-25)38-18-3-1-2-4-18)9-17(35)13-34-27(39)41-26(33-34)40-8-7-24(36)37/h5-6,10-12,14,18H,1-4,7-9,13H2,(H,36,37)(H,30,31,32). The summed E-state index contributed by atoms with van der Waals surface area (Å²) >= 11 is 13.9. The molecule has 9 nitrogen and oxygen atoms in total. The summed E-state index contributed by atoms with van der Waals surface area (Å²) in [5.41, 5.74) is 1.86. The number of anilines is 2. The molecule has 1 aliphatic rings. The molecule has 4 aromatic rings. The number of benzene rings is 2. The third kappa shape index (κ3) is 7.59. The Balaban J connectivity index is 1.41. The lowest BCUT2D eigenvalue weighted by atomic mass is 10.0. The van der Waals surface area contributed by atoms with Crippen LogP contribution in [0.25, 0.3) is 10.9 Å². The third-order valence-electron chi connectivity index (χ3n) is 6.44. The molecule has 0 radical (unpaired) electrons. The number of carbonyl (C=O) groups is 2. The van der Waals surface area contributed by atoms with Crippen molar-refractivity contribution in [1.82, 2.24) is 19.7 Å². The summed E-state index contributed by atoms with van der Waals surface area (Å²) in [6, 6.07) is 7.97. The van der Waals surface area contributed by atoms with Crippen LogP contribution in [0, 0.1) is 9.77 Å². The maximum absolute atomic E-state index is 13.7. The largest absolute Gasteiger partial charge is 0.490 e. The normalized spacial score (nSPS) is 13.5. The highest BCUT2D eigenvalue weighted by Gasteiger charge is 2.21. The maximum Gasteiger partial charge on any atom is 0.304 e. The van der Waals surface area contributed by atoms with E-state index in [2.05, 4.69) is 20.4 Å². The van der Waals surface area contributed by atoms with Crippen molar-refractivity contribution in [1.29, 1.82) is 0 Å². The fourth-order valence-electron chi connectivity index (χ4n) is 4.48. The van der Waals surface area contributed by atoms with Crippen molar-refractivity contribution in [3.8, 4) is 5.75 Å². The van der Waals surface area contributed by atoms with E-state index < -0.39 is 11.8 Å². The summed E-state index contributed by atoms with van der Waals surface area (Å²) in [7, 11) is 0. The number of rotatable bonds is 12. The van der Waals surface area contributed by atoms with Crippen LogP contribution in [-0.4, -0.2) is 48.5 Å². The van der Waals surface area contributed by atoms with Crippen LogP contribution in [-0.2, 0) is 22.6 Å². The van der Waals surface area contributed by atoms with Gasteiger partial charge in [-0.15, -0.1) is 0 Å². The number of thioether (sulfide) groups is 1. The molecule has 0 atom stereocenters. The predicted octanol–water partition coefficient (Wildman–Crippen LogP) is 6.85. The summed E-state index contributed by atoms with van der Waals surface area (Å²) < 4.78 is 22.6. The van der Waals surface area contributed by atoms with Crippen LogP contribution in [0.15, 0.2) is 41.0 Å². The molecule has 1 aliphatic carbocycles. The average Bonchev–Trinajstić information content (AvgIpc) is 3.56. The first-order chi connectivity index (χ1) is 19.7. The topological polar surface area (TPSA) is 119 Å². The highest BCUT2D eigenvalue weighted by molar-refractivity contribution is 8.01. The minimum Gasteiger partial charge on any atom is -0.490 e. The van der Waals surface area contributed by atoms with Gasteiger partial charge in [0.2, 0.25) is 0 Å². The van der Waals surface area contributed by atoms with Gasteiger partial charge in [0, 0.05) is 34.9 Å². The molecular weight excluding hydrogens is 609 g/mol. The number of carbonyl (C=O) groups excluding carboxylic acids is 1.